The number of amides is 3. The number of fused-ring (bicyclic) bond motifs is 5. The van der Waals surface area contributed by atoms with Gasteiger partial charge in [-0.05, 0) is 73.3 Å². The molecule has 1 aliphatic heterocycles. The number of halogens is 1. The summed E-state index contributed by atoms with van der Waals surface area (Å²) in [5.74, 6) is -0.429. The fraction of sp³-hybridized carbons (Fsp3) is 0.400. The third kappa shape index (κ3) is 3.23. The lowest BCUT2D eigenvalue weighted by Gasteiger charge is -2.28. The summed E-state index contributed by atoms with van der Waals surface area (Å²) >= 11 is 3.49. The van der Waals surface area contributed by atoms with Crippen molar-refractivity contribution in [2.24, 2.45) is 23.7 Å². The Bertz CT molecular complexity index is 1080. The molecular formula is C25H25BrN2O3. The van der Waals surface area contributed by atoms with Gasteiger partial charge in [-0.2, -0.15) is 0 Å². The van der Waals surface area contributed by atoms with Crippen molar-refractivity contribution in [3.63, 3.8) is 0 Å². The number of hydrogen-bond acceptors (Lipinski definition) is 3. The fourth-order valence-electron chi connectivity index (χ4n) is 6.02. The molecular weight excluding hydrogens is 456 g/mol. The van der Waals surface area contributed by atoms with Gasteiger partial charge in [0.15, 0.2) is 0 Å². The van der Waals surface area contributed by atoms with Crippen molar-refractivity contribution in [3.05, 3.63) is 63.6 Å². The number of nitrogens with one attached hydrogen (secondary N) is 1. The molecule has 5 nitrogen and oxygen atoms in total. The zero-order valence-corrected chi connectivity index (χ0v) is 19.2. The summed E-state index contributed by atoms with van der Waals surface area (Å²) in [7, 11) is 0. The van der Waals surface area contributed by atoms with Crippen LogP contribution in [0.3, 0.4) is 0 Å². The third-order valence-corrected chi connectivity index (χ3v) is 8.49. The van der Waals surface area contributed by atoms with Crippen molar-refractivity contribution in [3.8, 4) is 0 Å². The van der Waals surface area contributed by atoms with Gasteiger partial charge in [-0.1, -0.05) is 46.3 Å². The van der Waals surface area contributed by atoms with Crippen molar-refractivity contribution in [1.82, 2.24) is 4.90 Å². The van der Waals surface area contributed by atoms with Crippen LogP contribution < -0.4 is 5.32 Å². The van der Waals surface area contributed by atoms with Crippen molar-refractivity contribution < 1.29 is 14.4 Å². The molecule has 31 heavy (non-hydrogen) atoms. The van der Waals surface area contributed by atoms with E-state index in [0.29, 0.717) is 11.6 Å². The van der Waals surface area contributed by atoms with E-state index in [9.17, 15) is 14.4 Å². The number of anilines is 1. The minimum Gasteiger partial charge on any atom is -0.324 e. The first kappa shape index (κ1) is 20.4. The molecule has 0 spiro atoms. The van der Waals surface area contributed by atoms with E-state index in [-0.39, 0.29) is 47.9 Å². The molecule has 5 atom stereocenters. The Kier molecular flexibility index (Phi) is 5.00. The molecule has 2 bridgehead atoms. The lowest BCUT2D eigenvalue weighted by molar-refractivity contribution is -0.143. The highest BCUT2D eigenvalue weighted by atomic mass is 79.9. The number of likely N-dealkylation sites (tertiary alicyclic amines) is 1. The van der Waals surface area contributed by atoms with Crippen LogP contribution in [0.25, 0.3) is 0 Å². The highest BCUT2D eigenvalue weighted by Crippen LogP contribution is 2.61. The van der Waals surface area contributed by atoms with E-state index in [1.165, 1.54) is 10.5 Å². The van der Waals surface area contributed by atoms with Crippen molar-refractivity contribution in [2.75, 3.05) is 11.9 Å². The Morgan fingerprint density at radius 1 is 1.00 bits per heavy atom. The number of carbonyl (C=O) groups excluding carboxylic acids is 3. The number of carbonyl (C=O) groups is 3. The predicted octanol–water partition coefficient (Wildman–Crippen LogP) is 4.43. The van der Waals surface area contributed by atoms with Gasteiger partial charge in [0.25, 0.3) is 0 Å². The lowest BCUT2D eigenvalue weighted by Crippen LogP contribution is -2.39. The zero-order valence-electron chi connectivity index (χ0n) is 17.6. The highest BCUT2D eigenvalue weighted by molar-refractivity contribution is 9.10. The van der Waals surface area contributed by atoms with E-state index in [0.717, 1.165) is 28.4 Å². The second kappa shape index (κ2) is 7.59. The molecule has 160 valence electrons. The minimum atomic E-state index is -0.335. The normalized spacial score (nSPS) is 28.9. The second-order valence-electron chi connectivity index (χ2n) is 9.12. The van der Waals surface area contributed by atoms with Gasteiger partial charge in [-0.3, -0.25) is 19.3 Å². The van der Waals surface area contributed by atoms with Gasteiger partial charge in [0, 0.05) is 10.2 Å². The summed E-state index contributed by atoms with van der Waals surface area (Å²) in [5, 5.41) is 2.88. The predicted molar refractivity (Wildman–Crippen MR) is 121 cm³/mol. The number of hydrogen-bond donors (Lipinski definition) is 1. The van der Waals surface area contributed by atoms with Gasteiger partial charge in [0.2, 0.25) is 17.7 Å². The van der Waals surface area contributed by atoms with Crippen LogP contribution in [0.15, 0.2) is 46.9 Å². The summed E-state index contributed by atoms with van der Waals surface area (Å²) in [6.07, 6.45) is 1.88. The van der Waals surface area contributed by atoms with Gasteiger partial charge >= 0.3 is 0 Å². The number of benzene rings is 2. The highest BCUT2D eigenvalue weighted by Gasteiger charge is 2.63. The summed E-state index contributed by atoms with van der Waals surface area (Å²) in [6, 6.07) is 14.0. The second-order valence-corrected chi connectivity index (χ2v) is 9.97. The van der Waals surface area contributed by atoms with Crippen LogP contribution in [0.1, 0.15) is 35.4 Å². The van der Waals surface area contributed by atoms with E-state index in [1.54, 1.807) is 0 Å². The lowest BCUT2D eigenvalue weighted by atomic mass is 9.73. The Labute approximate surface area is 190 Å². The van der Waals surface area contributed by atoms with E-state index in [1.807, 2.05) is 44.2 Å². The molecule has 5 rings (SSSR count). The zero-order chi connectivity index (χ0) is 21.9. The van der Waals surface area contributed by atoms with Gasteiger partial charge in [0.1, 0.15) is 6.54 Å². The molecule has 6 heteroatoms. The maximum Gasteiger partial charge on any atom is 0.244 e. The number of imide groups is 1. The third-order valence-electron chi connectivity index (χ3n) is 7.63. The van der Waals surface area contributed by atoms with Crippen LogP contribution in [0, 0.1) is 37.5 Å². The molecule has 0 aromatic heterocycles. The average molecular weight is 481 g/mol. The Morgan fingerprint density at radius 3 is 2.45 bits per heavy atom. The van der Waals surface area contributed by atoms with E-state index in [4.69, 9.17) is 0 Å². The maximum atomic E-state index is 13.2. The summed E-state index contributed by atoms with van der Waals surface area (Å²) in [6.45, 7) is 3.70. The van der Waals surface area contributed by atoms with E-state index >= 15 is 0 Å². The molecule has 1 heterocycles. The number of nitrogens with zero attached hydrogens (tertiary/aromatic N) is 1. The minimum absolute atomic E-state index is 0.159. The van der Waals surface area contributed by atoms with Crippen molar-refractivity contribution >= 4 is 39.3 Å². The summed E-state index contributed by atoms with van der Waals surface area (Å²) in [4.78, 5) is 40.3. The molecule has 3 fully saturated rings. The standard InChI is InChI=1S/C25H25BrN2O3/c1-13-14(2)20(9-8-19(13)26)27-21(29)12-28-24(30)22-16-10-17(15-6-4-3-5-7-15)18(11-16)23(22)25(28)31/h3-9,16-18,22-23H,10-12H2,1-2H3,(H,27,29)/t16-,17-,18-,22-,23+/m1/s1. The average Bonchev–Trinajstić information content (AvgIpc) is 3.43. The first-order chi connectivity index (χ1) is 14.9. The molecule has 2 aliphatic carbocycles. The molecule has 1 saturated heterocycles. The van der Waals surface area contributed by atoms with Crippen molar-refractivity contribution in [1.29, 1.82) is 0 Å². The SMILES string of the molecule is Cc1c(Br)ccc(NC(=O)CN2C(=O)[C@@H]3[C@H]4C[C@@H]([C@@H]3C2=O)[C@@H](c2ccccc2)C4)c1C. The Hall–Kier alpha value is -2.47. The smallest absolute Gasteiger partial charge is 0.244 e. The molecule has 2 aromatic carbocycles. The molecule has 0 unspecified atom stereocenters. The van der Waals surface area contributed by atoms with E-state index in [2.05, 4.69) is 33.4 Å². The van der Waals surface area contributed by atoms with Crippen LogP contribution in [0.5, 0.6) is 0 Å². The van der Waals surface area contributed by atoms with Crippen LogP contribution in [-0.4, -0.2) is 29.2 Å². The Morgan fingerprint density at radius 2 is 1.71 bits per heavy atom. The Balaban J connectivity index is 1.32. The van der Waals surface area contributed by atoms with Gasteiger partial charge in [-0.25, -0.2) is 0 Å². The first-order valence-electron chi connectivity index (χ1n) is 10.8. The van der Waals surface area contributed by atoms with Gasteiger partial charge < -0.3 is 5.32 Å². The first-order valence-corrected chi connectivity index (χ1v) is 11.6. The van der Waals surface area contributed by atoms with Crippen LogP contribution in [-0.2, 0) is 14.4 Å². The summed E-state index contributed by atoms with van der Waals surface area (Å²) < 4.78 is 0.976. The molecule has 3 amide bonds. The fourth-order valence-corrected chi connectivity index (χ4v) is 6.45. The quantitative estimate of drug-likeness (QED) is 0.658. The molecule has 3 aliphatic rings. The van der Waals surface area contributed by atoms with Crippen LogP contribution >= 0.6 is 15.9 Å². The van der Waals surface area contributed by atoms with E-state index < -0.39 is 0 Å². The molecule has 2 saturated carbocycles. The van der Waals surface area contributed by atoms with Gasteiger partial charge in [-0.15, -0.1) is 0 Å². The molecule has 2 aromatic rings. The van der Waals surface area contributed by atoms with Crippen LogP contribution in [0.4, 0.5) is 5.69 Å². The molecule has 1 N–H and O–H groups in total. The van der Waals surface area contributed by atoms with Crippen LogP contribution in [0.2, 0.25) is 0 Å². The molecule has 0 radical (unpaired) electrons. The summed E-state index contributed by atoms with van der Waals surface area (Å²) in [5.41, 5.74) is 3.96. The maximum absolute atomic E-state index is 13.2. The largest absolute Gasteiger partial charge is 0.324 e. The van der Waals surface area contributed by atoms with Gasteiger partial charge in [0.05, 0.1) is 11.8 Å². The van der Waals surface area contributed by atoms with Crippen molar-refractivity contribution in [2.45, 2.75) is 32.6 Å². The number of rotatable bonds is 4. The topological polar surface area (TPSA) is 66.5 Å². The monoisotopic (exact) mass is 480 g/mol.